The Balaban J connectivity index is 1.66. The normalized spacial score (nSPS) is 11.8. The number of hydrogen-bond acceptors (Lipinski definition) is 5. The van der Waals surface area contributed by atoms with Crippen molar-refractivity contribution >= 4 is 33.4 Å². The maximum Gasteiger partial charge on any atom is 0.449 e. The minimum atomic E-state index is -4.58. The van der Waals surface area contributed by atoms with Gasteiger partial charge in [-0.1, -0.05) is 30.3 Å². The smallest absolute Gasteiger partial charge is 0.337 e. The number of halogens is 3. The van der Waals surface area contributed by atoms with Gasteiger partial charge in [-0.15, -0.1) is 0 Å². The van der Waals surface area contributed by atoms with Crippen LogP contribution in [0.1, 0.15) is 5.82 Å². The zero-order valence-corrected chi connectivity index (χ0v) is 15.3. The summed E-state index contributed by atoms with van der Waals surface area (Å²) in [5, 5.41) is 3.82. The fourth-order valence-electron chi connectivity index (χ4n) is 3.21. The predicted molar refractivity (Wildman–Crippen MR) is 107 cm³/mol. The zero-order chi connectivity index (χ0) is 20.7. The van der Waals surface area contributed by atoms with Crippen LogP contribution in [0.3, 0.4) is 0 Å². The summed E-state index contributed by atoms with van der Waals surface area (Å²) >= 11 is 0. The van der Waals surface area contributed by atoms with Gasteiger partial charge in [0.1, 0.15) is 11.3 Å². The molecule has 0 saturated carbocycles. The second kappa shape index (κ2) is 6.80. The summed E-state index contributed by atoms with van der Waals surface area (Å²) in [5.41, 5.74) is 2.88. The van der Waals surface area contributed by atoms with Crippen LogP contribution >= 0.6 is 0 Å². The molecule has 4 heterocycles. The first-order chi connectivity index (χ1) is 14.5. The molecule has 9 heteroatoms. The van der Waals surface area contributed by atoms with Gasteiger partial charge in [0.05, 0.1) is 34.8 Å². The molecule has 0 atom stereocenters. The van der Waals surface area contributed by atoms with E-state index in [0.717, 1.165) is 10.9 Å². The summed E-state index contributed by atoms with van der Waals surface area (Å²) in [6.45, 7) is 0. The lowest BCUT2D eigenvalue weighted by Crippen LogP contribution is -2.07. The molecular weight excluding hydrogens is 393 g/mol. The molecule has 5 aromatic rings. The van der Waals surface area contributed by atoms with Crippen molar-refractivity contribution in [3.63, 3.8) is 0 Å². The largest absolute Gasteiger partial charge is 0.449 e. The number of fused-ring (bicyclic) bond motifs is 2. The van der Waals surface area contributed by atoms with Crippen molar-refractivity contribution in [1.82, 2.24) is 24.9 Å². The lowest BCUT2D eigenvalue weighted by molar-refractivity contribution is -0.144. The van der Waals surface area contributed by atoms with E-state index in [1.807, 2.05) is 42.5 Å². The van der Waals surface area contributed by atoms with Gasteiger partial charge >= 0.3 is 6.18 Å². The number of aromatic nitrogens is 5. The molecule has 0 aliphatic carbocycles. The summed E-state index contributed by atoms with van der Waals surface area (Å²) < 4.78 is 39.2. The molecule has 2 N–H and O–H groups in total. The van der Waals surface area contributed by atoms with Gasteiger partial charge in [-0.25, -0.2) is 9.97 Å². The lowest BCUT2D eigenvalue weighted by Gasteiger charge is -2.11. The fourth-order valence-corrected chi connectivity index (χ4v) is 3.21. The van der Waals surface area contributed by atoms with Gasteiger partial charge in [0.15, 0.2) is 0 Å². The molecule has 0 fully saturated rings. The van der Waals surface area contributed by atoms with E-state index in [2.05, 4.69) is 30.2 Å². The van der Waals surface area contributed by atoms with Crippen molar-refractivity contribution in [2.45, 2.75) is 6.18 Å². The topological polar surface area (TPSA) is 79.4 Å². The van der Waals surface area contributed by atoms with E-state index in [-0.39, 0.29) is 11.0 Å². The Hall–Kier alpha value is -4.01. The van der Waals surface area contributed by atoms with Gasteiger partial charge in [0.2, 0.25) is 5.82 Å². The summed E-state index contributed by atoms with van der Waals surface area (Å²) in [7, 11) is 0. The molecule has 6 nitrogen and oxygen atoms in total. The Labute approximate surface area is 167 Å². The number of benzene rings is 1. The van der Waals surface area contributed by atoms with E-state index < -0.39 is 12.0 Å². The van der Waals surface area contributed by atoms with E-state index in [0.29, 0.717) is 22.7 Å². The number of nitrogens with zero attached hydrogens (tertiary/aromatic N) is 4. The second-order valence-electron chi connectivity index (χ2n) is 6.58. The van der Waals surface area contributed by atoms with Crippen molar-refractivity contribution in [1.29, 1.82) is 0 Å². The number of alkyl halides is 3. The Morgan fingerprint density at radius 3 is 2.57 bits per heavy atom. The van der Waals surface area contributed by atoms with Crippen molar-refractivity contribution < 1.29 is 13.2 Å². The van der Waals surface area contributed by atoms with Crippen LogP contribution in [0.2, 0.25) is 0 Å². The molecule has 0 unspecified atom stereocenters. The van der Waals surface area contributed by atoms with Gasteiger partial charge in [-0.05, 0) is 18.2 Å². The molecule has 0 radical (unpaired) electrons. The van der Waals surface area contributed by atoms with Crippen LogP contribution in [0.15, 0.2) is 67.1 Å². The van der Waals surface area contributed by atoms with Crippen LogP contribution < -0.4 is 5.32 Å². The molecule has 5 rings (SSSR count). The van der Waals surface area contributed by atoms with Crippen LogP contribution in [0.5, 0.6) is 0 Å². The van der Waals surface area contributed by atoms with E-state index in [1.165, 1.54) is 12.4 Å². The third kappa shape index (κ3) is 3.20. The molecular formula is C21H13F3N6. The van der Waals surface area contributed by atoms with Crippen LogP contribution in [0.4, 0.5) is 24.7 Å². The highest BCUT2D eigenvalue weighted by atomic mass is 19.4. The summed E-state index contributed by atoms with van der Waals surface area (Å²) in [5.74, 6) is -0.628. The molecule has 148 valence electrons. The zero-order valence-electron chi connectivity index (χ0n) is 15.3. The van der Waals surface area contributed by atoms with Gasteiger partial charge in [0, 0.05) is 17.1 Å². The number of imidazole rings is 1. The van der Waals surface area contributed by atoms with Gasteiger partial charge in [-0.3, -0.25) is 9.97 Å². The minimum Gasteiger partial charge on any atom is -0.337 e. The SMILES string of the molecule is FC(F)(F)c1nc2c(Nc3nc(-c4ccccc4)cc4ncccc34)cncc2[nH]1. The predicted octanol–water partition coefficient (Wildman–Crippen LogP) is 5.33. The Morgan fingerprint density at radius 2 is 1.77 bits per heavy atom. The van der Waals surface area contributed by atoms with Gasteiger partial charge < -0.3 is 10.3 Å². The van der Waals surface area contributed by atoms with E-state index in [4.69, 9.17) is 0 Å². The van der Waals surface area contributed by atoms with Crippen molar-refractivity contribution in [2.24, 2.45) is 0 Å². The number of anilines is 2. The number of hydrogen-bond donors (Lipinski definition) is 2. The van der Waals surface area contributed by atoms with Gasteiger partial charge in [-0.2, -0.15) is 13.2 Å². The molecule has 0 aliphatic heterocycles. The molecule has 4 aromatic heterocycles. The average molecular weight is 406 g/mol. The quantitative estimate of drug-likeness (QED) is 0.423. The highest BCUT2D eigenvalue weighted by molar-refractivity contribution is 5.97. The molecule has 0 saturated heterocycles. The van der Waals surface area contributed by atoms with E-state index in [1.54, 1.807) is 12.3 Å². The van der Waals surface area contributed by atoms with Crippen molar-refractivity contribution in [3.05, 3.63) is 72.9 Å². The first-order valence-electron chi connectivity index (χ1n) is 8.98. The Morgan fingerprint density at radius 1 is 0.933 bits per heavy atom. The number of rotatable bonds is 3. The lowest BCUT2D eigenvalue weighted by atomic mass is 10.1. The highest BCUT2D eigenvalue weighted by Crippen LogP contribution is 2.33. The number of aromatic amines is 1. The van der Waals surface area contributed by atoms with Crippen molar-refractivity contribution in [3.8, 4) is 11.3 Å². The molecule has 1 aromatic carbocycles. The Kier molecular flexibility index (Phi) is 4.09. The van der Waals surface area contributed by atoms with Gasteiger partial charge in [0.25, 0.3) is 0 Å². The fraction of sp³-hybridized carbons (Fsp3) is 0.0476. The third-order valence-corrected chi connectivity index (χ3v) is 4.58. The maximum absolute atomic E-state index is 13.1. The van der Waals surface area contributed by atoms with Crippen LogP contribution in [-0.4, -0.2) is 24.9 Å². The molecule has 30 heavy (non-hydrogen) atoms. The monoisotopic (exact) mass is 406 g/mol. The standard InChI is InChI=1S/C21H13F3N6/c22-21(23,24)20-29-17-11-25-10-16(18(17)30-20)28-19-13-7-4-8-26-15(13)9-14(27-19)12-5-2-1-3-6-12/h1-11H,(H,27,28)(H,29,30). The summed E-state index contributed by atoms with van der Waals surface area (Å²) in [6.07, 6.45) is -0.191. The Bertz CT molecular complexity index is 1360. The molecule has 0 aliphatic rings. The van der Waals surface area contributed by atoms with Crippen molar-refractivity contribution in [2.75, 3.05) is 5.32 Å². The number of nitrogens with one attached hydrogen (secondary N) is 2. The first-order valence-corrected chi connectivity index (χ1v) is 8.98. The number of pyridine rings is 3. The first kappa shape index (κ1) is 18.0. The van der Waals surface area contributed by atoms with Crippen LogP contribution in [0, 0.1) is 0 Å². The minimum absolute atomic E-state index is 0.126. The maximum atomic E-state index is 13.1. The average Bonchev–Trinajstić information content (AvgIpc) is 3.20. The summed E-state index contributed by atoms with van der Waals surface area (Å²) in [6, 6.07) is 15.0. The third-order valence-electron chi connectivity index (χ3n) is 4.58. The van der Waals surface area contributed by atoms with E-state index >= 15 is 0 Å². The second-order valence-corrected chi connectivity index (χ2v) is 6.58. The van der Waals surface area contributed by atoms with Crippen LogP contribution in [-0.2, 0) is 6.18 Å². The van der Waals surface area contributed by atoms with E-state index in [9.17, 15) is 13.2 Å². The highest BCUT2D eigenvalue weighted by Gasteiger charge is 2.35. The number of H-pyrrole nitrogens is 1. The van der Waals surface area contributed by atoms with Crippen LogP contribution in [0.25, 0.3) is 33.2 Å². The summed E-state index contributed by atoms with van der Waals surface area (Å²) in [4.78, 5) is 19.1. The molecule has 0 spiro atoms. The molecule has 0 bridgehead atoms. The molecule has 0 amide bonds.